The van der Waals surface area contributed by atoms with Crippen LogP contribution in [0.1, 0.15) is 78.4 Å². The highest BCUT2D eigenvalue weighted by Crippen LogP contribution is 2.40. The number of hydrogen-bond acceptors (Lipinski definition) is 14. The molecule has 3 rings (SSSR count). The van der Waals surface area contributed by atoms with E-state index >= 15 is 0 Å². The average molecular weight is 724 g/mol. The number of β-lactam (4-membered cyclic amide) rings is 1. The Labute approximate surface area is 293 Å². The lowest BCUT2D eigenvalue weighted by molar-refractivity contribution is -0.169. The molecule has 2 aliphatic heterocycles. The minimum absolute atomic E-state index is 0.0929. The summed E-state index contributed by atoms with van der Waals surface area (Å²) in [7, 11) is 1.24. The van der Waals surface area contributed by atoms with Crippen LogP contribution in [-0.2, 0) is 43.0 Å². The van der Waals surface area contributed by atoms with Gasteiger partial charge in [-0.15, -0.1) is 11.8 Å². The van der Waals surface area contributed by atoms with Crippen molar-refractivity contribution in [2.24, 2.45) is 10.9 Å². The van der Waals surface area contributed by atoms with Crippen molar-refractivity contribution in [1.29, 1.82) is 0 Å². The lowest BCUT2D eigenvalue weighted by atomic mass is 10.0. The zero-order valence-corrected chi connectivity index (χ0v) is 29.6. The van der Waals surface area contributed by atoms with Crippen LogP contribution in [0.4, 0.5) is 9.59 Å². The molecule has 18 heteroatoms. The number of carbonyl (C=O) groups excluding carboxylic acids is 6. The minimum atomic E-state index is -1.11. The van der Waals surface area contributed by atoms with E-state index in [4.69, 9.17) is 33.9 Å². The van der Waals surface area contributed by atoms with Crippen molar-refractivity contribution in [3.63, 3.8) is 0 Å². The summed E-state index contributed by atoms with van der Waals surface area (Å²) in [4.78, 5) is 82.4. The number of fused-ring (bicyclic) bond motifs is 1. The number of nitrogens with one attached hydrogen (secondary N) is 2. The van der Waals surface area contributed by atoms with Gasteiger partial charge in [-0.3, -0.25) is 14.5 Å². The molecular formula is C32H45N5O12S. The van der Waals surface area contributed by atoms with E-state index in [0.29, 0.717) is 6.42 Å². The number of rotatable bonds is 18. The number of alkyl carbamates (subject to hydrolysis) is 1. The summed E-state index contributed by atoms with van der Waals surface area (Å²) >= 11 is 1.19. The molecule has 1 fully saturated rings. The van der Waals surface area contributed by atoms with Gasteiger partial charge in [-0.25, -0.2) is 19.2 Å². The highest BCUT2D eigenvalue weighted by Gasteiger charge is 2.55. The van der Waals surface area contributed by atoms with Gasteiger partial charge in [-0.05, 0) is 39.3 Å². The fourth-order valence-corrected chi connectivity index (χ4v) is 6.32. The number of furan rings is 1. The topological polar surface area (TPSA) is 227 Å². The molecule has 0 saturated carbocycles. The van der Waals surface area contributed by atoms with Gasteiger partial charge in [0.1, 0.15) is 42.5 Å². The second-order valence-corrected chi connectivity index (χ2v) is 13.4. The molecule has 4 amide bonds. The molecule has 3 heterocycles. The van der Waals surface area contributed by atoms with Gasteiger partial charge in [-0.1, -0.05) is 50.6 Å². The Morgan fingerprint density at radius 2 is 1.82 bits per heavy atom. The number of nitrogens with zero attached hydrogens (tertiary/aromatic N) is 2. The monoisotopic (exact) mass is 723 g/mol. The smallest absolute Gasteiger partial charge is 0.408 e. The molecule has 17 nitrogen and oxygen atoms in total. The molecule has 1 aromatic heterocycles. The SMILES string of the molecule is CCCCCCCCC(NC(=O)OC(C)(C)C)C(=O)OCOC(=O)C1=C(COC(N)=O)CS[C@@H]2[C@H](NC(=O)/C(=N\OC)c3ccco3)C(=O)N12. The van der Waals surface area contributed by atoms with Gasteiger partial charge in [0, 0.05) is 11.3 Å². The van der Waals surface area contributed by atoms with E-state index < -0.39 is 72.4 Å². The Bertz CT molecular complexity index is 1440. The van der Waals surface area contributed by atoms with Gasteiger partial charge in [-0.2, -0.15) is 0 Å². The van der Waals surface area contributed by atoms with Crippen molar-refractivity contribution in [2.75, 3.05) is 26.3 Å². The first kappa shape index (κ1) is 39.7. The highest BCUT2D eigenvalue weighted by molar-refractivity contribution is 8.00. The largest absolute Gasteiger partial charge is 0.462 e. The first-order valence-corrected chi connectivity index (χ1v) is 17.2. The van der Waals surface area contributed by atoms with Crippen LogP contribution in [0, 0.1) is 0 Å². The fourth-order valence-electron chi connectivity index (χ4n) is 4.99. The molecule has 0 spiro atoms. The maximum Gasteiger partial charge on any atom is 0.408 e. The number of thioether (sulfide) groups is 1. The Hall–Kier alpha value is -4.74. The number of nitrogens with two attached hydrogens (primary N) is 1. The summed E-state index contributed by atoms with van der Waals surface area (Å²) in [6.07, 6.45) is 5.38. The molecule has 0 aliphatic carbocycles. The molecule has 1 unspecified atom stereocenters. The molecule has 2 aliphatic rings. The average Bonchev–Trinajstić information content (AvgIpc) is 3.59. The third kappa shape index (κ3) is 11.4. The van der Waals surface area contributed by atoms with Crippen LogP contribution in [0.25, 0.3) is 0 Å². The third-order valence-corrected chi connectivity index (χ3v) is 8.62. The minimum Gasteiger partial charge on any atom is -0.462 e. The number of unbranched alkanes of at least 4 members (excludes halogenated alkanes) is 5. The van der Waals surface area contributed by atoms with Gasteiger partial charge < -0.3 is 44.6 Å². The molecule has 3 atom stereocenters. The van der Waals surface area contributed by atoms with Crippen LogP contribution < -0.4 is 16.4 Å². The van der Waals surface area contributed by atoms with Gasteiger partial charge in [0.25, 0.3) is 11.8 Å². The Morgan fingerprint density at radius 1 is 1.10 bits per heavy atom. The van der Waals surface area contributed by atoms with E-state index in [-0.39, 0.29) is 34.9 Å². The second-order valence-electron chi connectivity index (χ2n) is 12.3. The van der Waals surface area contributed by atoms with Crippen LogP contribution in [-0.4, -0.2) is 95.9 Å². The number of primary amides is 1. The van der Waals surface area contributed by atoms with Crippen molar-refractivity contribution in [1.82, 2.24) is 15.5 Å². The molecular weight excluding hydrogens is 678 g/mol. The van der Waals surface area contributed by atoms with Gasteiger partial charge in [0.2, 0.25) is 12.5 Å². The highest BCUT2D eigenvalue weighted by atomic mass is 32.2. The summed E-state index contributed by atoms with van der Waals surface area (Å²) in [5.74, 6) is -3.16. The van der Waals surface area contributed by atoms with Crippen LogP contribution in [0.2, 0.25) is 0 Å². The van der Waals surface area contributed by atoms with Crippen LogP contribution in [0.15, 0.2) is 39.2 Å². The van der Waals surface area contributed by atoms with Gasteiger partial charge in [0.05, 0.1) is 6.26 Å². The van der Waals surface area contributed by atoms with E-state index in [1.54, 1.807) is 26.8 Å². The van der Waals surface area contributed by atoms with E-state index in [1.807, 2.05) is 0 Å². The summed E-state index contributed by atoms with van der Waals surface area (Å²) in [5.41, 5.74) is 4.04. The Morgan fingerprint density at radius 3 is 2.46 bits per heavy atom. The first-order valence-electron chi connectivity index (χ1n) is 16.1. The number of amides is 4. The lowest BCUT2D eigenvalue weighted by Gasteiger charge is -2.49. The first-order chi connectivity index (χ1) is 23.8. The second kappa shape index (κ2) is 18.9. The van der Waals surface area contributed by atoms with Crippen molar-refractivity contribution >= 4 is 53.4 Å². The number of esters is 2. The Kier molecular flexibility index (Phi) is 15.0. The van der Waals surface area contributed by atoms with Crippen LogP contribution >= 0.6 is 11.8 Å². The fraction of sp³-hybridized carbons (Fsp3) is 0.594. The van der Waals surface area contributed by atoms with Gasteiger partial charge in [0.15, 0.2) is 5.76 Å². The standard InChI is InChI=1S/C32H45N5O12S/c1-6-7-8-9-10-11-13-20(34-31(43)49-32(2,3)4)28(40)47-18-48-29(41)24-19(16-46-30(33)42)17-50-27-23(26(39)37(24)27)35-25(38)22(36-44-5)21-14-12-15-45-21/h12,14-15,20,23,27H,6-11,13,16-18H2,1-5H3,(H2,33,42)(H,34,43)(H,35,38)/b36-22-/t20?,23-,27-/m1/s1. The maximum atomic E-state index is 13.4. The van der Waals surface area contributed by atoms with Crippen LogP contribution in [0.5, 0.6) is 0 Å². The van der Waals surface area contributed by atoms with Gasteiger partial charge >= 0.3 is 24.1 Å². The van der Waals surface area contributed by atoms with Crippen molar-refractivity contribution in [3.8, 4) is 0 Å². The van der Waals surface area contributed by atoms with Crippen molar-refractivity contribution in [2.45, 2.75) is 95.7 Å². The summed E-state index contributed by atoms with van der Waals surface area (Å²) in [5, 5.41) is 8.04. The number of carbonyl (C=O) groups is 6. The number of hydrogen-bond donors (Lipinski definition) is 3. The zero-order valence-electron chi connectivity index (χ0n) is 28.8. The molecule has 0 bridgehead atoms. The molecule has 1 aromatic rings. The molecule has 0 aromatic carbocycles. The normalized spacial score (nSPS) is 17.9. The maximum absolute atomic E-state index is 13.4. The molecule has 1 saturated heterocycles. The van der Waals surface area contributed by atoms with E-state index in [2.05, 4.69) is 22.7 Å². The van der Waals surface area contributed by atoms with E-state index in [1.165, 1.54) is 31.2 Å². The van der Waals surface area contributed by atoms with E-state index in [9.17, 15) is 28.8 Å². The van der Waals surface area contributed by atoms with E-state index in [0.717, 1.165) is 37.0 Å². The number of ether oxygens (including phenoxy) is 4. The summed E-state index contributed by atoms with van der Waals surface area (Å²) in [6, 6.07) is 0.883. The van der Waals surface area contributed by atoms with Crippen molar-refractivity contribution in [3.05, 3.63) is 35.4 Å². The molecule has 50 heavy (non-hydrogen) atoms. The number of oxime groups is 1. The Balaban J connectivity index is 1.68. The predicted molar refractivity (Wildman–Crippen MR) is 178 cm³/mol. The zero-order chi connectivity index (χ0) is 36.8. The third-order valence-electron chi connectivity index (χ3n) is 7.28. The molecule has 276 valence electrons. The van der Waals surface area contributed by atoms with Crippen molar-refractivity contribution < 1.29 is 57.0 Å². The molecule has 4 N–H and O–H groups in total. The lowest BCUT2D eigenvalue weighted by Crippen LogP contribution is -2.71. The summed E-state index contributed by atoms with van der Waals surface area (Å²) in [6.45, 7) is 5.89. The quantitative estimate of drug-likeness (QED) is 0.0377. The summed E-state index contributed by atoms with van der Waals surface area (Å²) < 4.78 is 25.9. The molecule has 0 radical (unpaired) electrons. The predicted octanol–water partition coefficient (Wildman–Crippen LogP) is 3.07. The van der Waals surface area contributed by atoms with Crippen LogP contribution in [0.3, 0.4) is 0 Å².